The number of carbonyl (C=O) groups excluding carboxylic acids is 1. The number of rotatable bonds is 3. The first-order valence-electron chi connectivity index (χ1n) is 9.43. The molecule has 0 saturated carbocycles. The summed E-state index contributed by atoms with van der Waals surface area (Å²) in [5, 5.41) is 14.4. The first kappa shape index (κ1) is 17.2. The molecule has 144 valence electrons. The molecule has 5 N–H and O–H groups in total. The summed E-state index contributed by atoms with van der Waals surface area (Å²) in [5.41, 5.74) is 12.1. The summed E-state index contributed by atoms with van der Waals surface area (Å²) in [6.07, 6.45) is 3.50. The number of anilines is 3. The van der Waals surface area contributed by atoms with Crippen molar-refractivity contribution in [3.05, 3.63) is 77.1 Å². The van der Waals surface area contributed by atoms with Crippen molar-refractivity contribution >= 4 is 34.0 Å². The second-order valence-corrected chi connectivity index (χ2v) is 7.30. The van der Waals surface area contributed by atoms with Crippen LogP contribution in [0.4, 0.5) is 17.2 Å². The zero-order valence-corrected chi connectivity index (χ0v) is 15.9. The van der Waals surface area contributed by atoms with Gasteiger partial charge in [-0.05, 0) is 47.9 Å². The van der Waals surface area contributed by atoms with E-state index in [9.17, 15) is 4.79 Å². The summed E-state index contributed by atoms with van der Waals surface area (Å²) < 4.78 is 0. The summed E-state index contributed by atoms with van der Waals surface area (Å²) in [6.45, 7) is 2.69. The van der Waals surface area contributed by atoms with Crippen LogP contribution in [0.15, 0.2) is 54.9 Å². The fraction of sp³-hybridized carbons (Fsp3) is 0.136. The Morgan fingerprint density at radius 1 is 1.21 bits per heavy atom. The Hall–Kier alpha value is -3.87. The molecular weight excluding hydrogens is 364 g/mol. The molecule has 1 aliphatic rings. The smallest absolute Gasteiger partial charge is 0.257 e. The van der Waals surface area contributed by atoms with Gasteiger partial charge in [0.15, 0.2) is 0 Å². The van der Waals surface area contributed by atoms with Crippen molar-refractivity contribution in [3.8, 4) is 0 Å². The van der Waals surface area contributed by atoms with Crippen LogP contribution in [0.2, 0.25) is 0 Å². The Kier molecular flexibility index (Phi) is 3.94. The van der Waals surface area contributed by atoms with Crippen LogP contribution in [0, 0.1) is 6.92 Å². The van der Waals surface area contributed by atoms with Crippen LogP contribution in [0.5, 0.6) is 0 Å². The second kappa shape index (κ2) is 6.63. The number of amides is 1. The lowest BCUT2D eigenvalue weighted by molar-refractivity contribution is 0.102. The van der Waals surface area contributed by atoms with E-state index in [1.165, 1.54) is 0 Å². The van der Waals surface area contributed by atoms with Crippen LogP contribution < -0.4 is 16.4 Å². The number of pyridine rings is 1. The van der Waals surface area contributed by atoms with E-state index in [-0.39, 0.29) is 11.8 Å². The number of carbonyl (C=O) groups is 1. The zero-order valence-electron chi connectivity index (χ0n) is 15.9. The van der Waals surface area contributed by atoms with Gasteiger partial charge in [0.2, 0.25) is 0 Å². The predicted molar refractivity (Wildman–Crippen MR) is 114 cm³/mol. The standard InChI is InChI=1S/C22H20N6O/c1-12-4-2-3-5-18(12)27-22(29)16-7-13(6-14-9-26-28-21(14)16)17-10-24-19-11-25-20(23)8-15(17)19/h2-9,11,17,24H,10H2,1H3,(H2,23,25)(H,26,28)(H,27,29). The summed E-state index contributed by atoms with van der Waals surface area (Å²) in [5.74, 6) is 0.398. The van der Waals surface area contributed by atoms with Crippen molar-refractivity contribution in [2.24, 2.45) is 0 Å². The topological polar surface area (TPSA) is 109 Å². The molecule has 1 atom stereocenters. The highest BCUT2D eigenvalue weighted by Gasteiger charge is 2.26. The lowest BCUT2D eigenvalue weighted by atomic mass is 9.91. The van der Waals surface area contributed by atoms with Gasteiger partial charge < -0.3 is 16.4 Å². The molecule has 1 aliphatic heterocycles. The number of nitrogens with two attached hydrogens (primary N) is 1. The number of aromatic nitrogens is 3. The van der Waals surface area contributed by atoms with Crippen LogP contribution in [-0.4, -0.2) is 27.6 Å². The molecule has 0 radical (unpaired) electrons. The van der Waals surface area contributed by atoms with Gasteiger partial charge in [-0.1, -0.05) is 18.2 Å². The number of aryl methyl sites for hydroxylation is 1. The number of nitrogens with one attached hydrogen (secondary N) is 3. The van der Waals surface area contributed by atoms with Crippen molar-refractivity contribution < 1.29 is 4.79 Å². The SMILES string of the molecule is Cc1ccccc1NC(=O)c1cc(C2CNc3cnc(N)cc32)cc2cn[nH]c12. The normalized spacial score (nSPS) is 15.1. The highest BCUT2D eigenvalue weighted by atomic mass is 16.1. The molecule has 0 aliphatic carbocycles. The lowest BCUT2D eigenvalue weighted by Gasteiger charge is -2.14. The fourth-order valence-corrected chi connectivity index (χ4v) is 3.91. The van der Waals surface area contributed by atoms with Crippen molar-refractivity contribution in [3.63, 3.8) is 0 Å². The molecule has 3 heterocycles. The third-order valence-electron chi connectivity index (χ3n) is 5.44. The van der Waals surface area contributed by atoms with Crippen LogP contribution in [0.3, 0.4) is 0 Å². The molecule has 0 fully saturated rings. The predicted octanol–water partition coefficient (Wildman–Crippen LogP) is 3.66. The zero-order chi connectivity index (χ0) is 20.0. The molecule has 2 aromatic carbocycles. The van der Waals surface area contributed by atoms with Crippen LogP contribution in [-0.2, 0) is 0 Å². The van der Waals surface area contributed by atoms with Gasteiger partial charge in [-0.15, -0.1) is 0 Å². The minimum absolute atomic E-state index is 0.0830. The van der Waals surface area contributed by atoms with Gasteiger partial charge in [-0.25, -0.2) is 4.98 Å². The van der Waals surface area contributed by atoms with Gasteiger partial charge in [-0.3, -0.25) is 9.89 Å². The maximum absolute atomic E-state index is 13.1. The molecule has 5 rings (SSSR count). The van der Waals surface area contributed by atoms with E-state index in [0.29, 0.717) is 11.4 Å². The van der Waals surface area contributed by atoms with Crippen molar-refractivity contribution in [1.29, 1.82) is 0 Å². The maximum atomic E-state index is 13.1. The highest BCUT2D eigenvalue weighted by molar-refractivity contribution is 6.12. The van der Waals surface area contributed by atoms with Crippen LogP contribution >= 0.6 is 0 Å². The first-order valence-corrected chi connectivity index (χ1v) is 9.43. The maximum Gasteiger partial charge on any atom is 0.257 e. The van der Waals surface area contributed by atoms with Crippen molar-refractivity contribution in [2.45, 2.75) is 12.8 Å². The Labute approximate surface area is 167 Å². The van der Waals surface area contributed by atoms with Crippen LogP contribution in [0.25, 0.3) is 10.9 Å². The van der Waals surface area contributed by atoms with Gasteiger partial charge in [0.25, 0.3) is 5.91 Å². The van der Waals surface area contributed by atoms with Gasteiger partial charge >= 0.3 is 0 Å². The van der Waals surface area contributed by atoms with E-state index in [1.807, 2.05) is 43.3 Å². The molecule has 2 aromatic heterocycles. The number of benzene rings is 2. The number of hydrogen-bond acceptors (Lipinski definition) is 5. The summed E-state index contributed by atoms with van der Waals surface area (Å²) in [6, 6.07) is 13.6. The average Bonchev–Trinajstić information content (AvgIpc) is 3.35. The Balaban J connectivity index is 1.57. The van der Waals surface area contributed by atoms with Gasteiger partial charge in [0.1, 0.15) is 5.82 Å². The molecule has 0 spiro atoms. The van der Waals surface area contributed by atoms with E-state index in [1.54, 1.807) is 12.4 Å². The Morgan fingerprint density at radius 3 is 2.93 bits per heavy atom. The molecule has 7 nitrogen and oxygen atoms in total. The van der Waals surface area contributed by atoms with Crippen molar-refractivity contribution in [2.75, 3.05) is 22.9 Å². The molecule has 4 aromatic rings. The Bertz CT molecular complexity index is 1250. The number of nitrogen functional groups attached to an aromatic ring is 1. The van der Waals surface area contributed by atoms with Gasteiger partial charge in [0, 0.05) is 23.5 Å². The number of nitrogens with zero attached hydrogens (tertiary/aromatic N) is 2. The number of para-hydroxylation sites is 1. The molecule has 0 saturated heterocycles. The quantitative estimate of drug-likeness (QED) is 0.431. The highest BCUT2D eigenvalue weighted by Crippen LogP contribution is 2.38. The molecule has 1 unspecified atom stereocenters. The minimum atomic E-state index is -0.171. The van der Waals surface area contributed by atoms with Gasteiger partial charge in [-0.2, -0.15) is 5.10 Å². The number of H-pyrrole nitrogens is 1. The van der Waals surface area contributed by atoms with Crippen molar-refractivity contribution in [1.82, 2.24) is 15.2 Å². The minimum Gasteiger partial charge on any atom is -0.384 e. The average molecular weight is 384 g/mol. The molecular formula is C22H20N6O. The molecule has 0 bridgehead atoms. The number of hydrogen-bond donors (Lipinski definition) is 4. The monoisotopic (exact) mass is 384 g/mol. The van der Waals surface area contributed by atoms with Crippen LogP contribution in [0.1, 0.15) is 33.0 Å². The number of fused-ring (bicyclic) bond motifs is 2. The summed E-state index contributed by atoms with van der Waals surface area (Å²) in [4.78, 5) is 17.3. The van der Waals surface area contributed by atoms with Gasteiger partial charge in [0.05, 0.1) is 29.2 Å². The van der Waals surface area contributed by atoms with E-state index in [2.05, 4.69) is 31.9 Å². The van der Waals surface area contributed by atoms with E-state index >= 15 is 0 Å². The third kappa shape index (κ3) is 2.97. The Morgan fingerprint density at radius 2 is 2.07 bits per heavy atom. The summed E-state index contributed by atoms with van der Waals surface area (Å²) >= 11 is 0. The molecule has 7 heteroatoms. The largest absolute Gasteiger partial charge is 0.384 e. The van der Waals surface area contributed by atoms with E-state index in [0.717, 1.165) is 45.5 Å². The van der Waals surface area contributed by atoms with E-state index in [4.69, 9.17) is 5.73 Å². The number of aromatic amines is 1. The summed E-state index contributed by atoms with van der Waals surface area (Å²) in [7, 11) is 0. The second-order valence-electron chi connectivity index (χ2n) is 7.30. The first-order chi connectivity index (χ1) is 14.1. The lowest BCUT2D eigenvalue weighted by Crippen LogP contribution is -2.14. The molecule has 29 heavy (non-hydrogen) atoms. The fourth-order valence-electron chi connectivity index (χ4n) is 3.91. The third-order valence-corrected chi connectivity index (χ3v) is 5.44. The van der Waals surface area contributed by atoms with E-state index < -0.39 is 0 Å². The molecule has 1 amide bonds.